The second-order valence-corrected chi connectivity index (χ2v) is 5.06. The van der Waals surface area contributed by atoms with Crippen LogP contribution in [0.25, 0.3) is 10.8 Å². The Balaban J connectivity index is 0.00000208. The Morgan fingerprint density at radius 1 is 1.08 bits per heavy atom. The van der Waals surface area contributed by atoms with Crippen LogP contribution < -0.4 is 22.4 Å². The van der Waals surface area contributed by atoms with Gasteiger partial charge in [0, 0.05) is 17.7 Å². The summed E-state index contributed by atoms with van der Waals surface area (Å²) >= 11 is 0. The number of halogens is 1. The fourth-order valence-electron chi connectivity index (χ4n) is 2.33. The van der Waals surface area contributed by atoms with Gasteiger partial charge >= 0.3 is 5.91 Å². The first-order valence-electron chi connectivity index (χ1n) is 7.21. The van der Waals surface area contributed by atoms with Crippen molar-refractivity contribution in [1.82, 2.24) is 5.43 Å². The summed E-state index contributed by atoms with van der Waals surface area (Å²) < 4.78 is 1.75. The minimum atomic E-state index is -0.239. The van der Waals surface area contributed by atoms with Gasteiger partial charge in [-0.05, 0) is 16.8 Å². The monoisotopic (exact) mass is 341 g/mol. The maximum atomic E-state index is 11.8. The van der Waals surface area contributed by atoms with Crippen molar-refractivity contribution in [3.63, 3.8) is 0 Å². The maximum absolute atomic E-state index is 11.8. The maximum Gasteiger partial charge on any atom is 0.305 e. The van der Waals surface area contributed by atoms with Gasteiger partial charge in [-0.15, -0.1) is 0 Å². The Labute approximate surface area is 145 Å². The van der Waals surface area contributed by atoms with Crippen molar-refractivity contribution in [1.29, 1.82) is 0 Å². The summed E-state index contributed by atoms with van der Waals surface area (Å²) in [7, 11) is 0. The number of carbonyl (C=O) groups is 1. The van der Waals surface area contributed by atoms with Crippen LogP contribution in [0.3, 0.4) is 0 Å². The second-order valence-electron chi connectivity index (χ2n) is 5.06. The molecule has 1 aromatic heterocycles. The zero-order valence-corrected chi connectivity index (χ0v) is 13.5. The lowest BCUT2D eigenvalue weighted by Crippen LogP contribution is -3.00. The quantitative estimate of drug-likeness (QED) is 0.363. The van der Waals surface area contributed by atoms with Crippen molar-refractivity contribution in [2.24, 2.45) is 5.10 Å². The molecule has 5 nitrogen and oxygen atoms in total. The minimum Gasteiger partial charge on any atom is -1.00 e. The molecule has 0 atom stereocenters. The molecule has 0 unspecified atom stereocenters. The molecule has 2 N–H and O–H groups in total. The van der Waals surface area contributed by atoms with E-state index in [4.69, 9.17) is 0 Å². The van der Waals surface area contributed by atoms with Crippen molar-refractivity contribution in [2.75, 3.05) is 0 Å². The first-order valence-corrected chi connectivity index (χ1v) is 7.21. The number of pyridine rings is 1. The molecule has 122 valence electrons. The highest BCUT2D eigenvalue weighted by atomic mass is 35.5. The van der Waals surface area contributed by atoms with E-state index in [2.05, 4.69) is 10.5 Å². The fourth-order valence-corrected chi connectivity index (χ4v) is 2.33. The molecule has 0 saturated heterocycles. The number of fused-ring (bicyclic) bond motifs is 1. The average Bonchev–Trinajstić information content (AvgIpc) is 2.58. The summed E-state index contributed by atoms with van der Waals surface area (Å²) in [6, 6.07) is 16.7. The van der Waals surface area contributed by atoms with Gasteiger partial charge in [-0.1, -0.05) is 36.4 Å². The van der Waals surface area contributed by atoms with Crippen LogP contribution in [-0.2, 0) is 11.3 Å². The molecule has 3 aromatic rings. The third-order valence-electron chi connectivity index (χ3n) is 3.43. The Kier molecular flexibility index (Phi) is 5.87. The van der Waals surface area contributed by atoms with Crippen molar-refractivity contribution in [3.8, 4) is 5.75 Å². The molecule has 1 heterocycles. The van der Waals surface area contributed by atoms with Crippen molar-refractivity contribution >= 4 is 22.9 Å². The summed E-state index contributed by atoms with van der Waals surface area (Å²) in [4.78, 5) is 11.8. The van der Waals surface area contributed by atoms with Crippen molar-refractivity contribution in [3.05, 3.63) is 72.6 Å². The van der Waals surface area contributed by atoms with Gasteiger partial charge in [0.1, 0.15) is 5.75 Å². The topological polar surface area (TPSA) is 65.6 Å². The van der Waals surface area contributed by atoms with E-state index in [1.165, 1.54) is 6.21 Å². The van der Waals surface area contributed by atoms with E-state index in [-0.39, 0.29) is 30.6 Å². The SMILES string of the molecule is O=C(C[n+]1ccccc1)N/N=C/c1c(O)ccc2ccccc12.[Cl-]. The second kappa shape index (κ2) is 8.08. The van der Waals surface area contributed by atoms with E-state index < -0.39 is 0 Å². The number of carbonyl (C=O) groups excluding carboxylic acids is 1. The lowest BCUT2D eigenvalue weighted by Gasteiger charge is -2.04. The number of hydrogen-bond donors (Lipinski definition) is 2. The molecule has 0 spiro atoms. The molecule has 0 aliphatic rings. The van der Waals surface area contributed by atoms with Gasteiger partial charge in [-0.25, -0.2) is 5.43 Å². The Hall–Kier alpha value is -2.92. The molecule has 0 radical (unpaired) electrons. The van der Waals surface area contributed by atoms with Gasteiger partial charge in [0.05, 0.1) is 6.21 Å². The number of aromatic nitrogens is 1. The third-order valence-corrected chi connectivity index (χ3v) is 3.43. The Morgan fingerprint density at radius 3 is 2.62 bits per heavy atom. The number of nitrogens with zero attached hydrogens (tertiary/aromatic N) is 2. The van der Waals surface area contributed by atoms with Gasteiger partial charge in [0.15, 0.2) is 12.4 Å². The number of phenolic OH excluding ortho intramolecular Hbond substituents is 1. The highest BCUT2D eigenvalue weighted by Gasteiger charge is 2.08. The van der Waals surface area contributed by atoms with Gasteiger partial charge < -0.3 is 17.5 Å². The molecule has 0 aliphatic carbocycles. The zero-order valence-electron chi connectivity index (χ0n) is 12.8. The fraction of sp³-hybridized carbons (Fsp3) is 0.0556. The molecule has 3 rings (SSSR count). The van der Waals surface area contributed by atoms with E-state index in [1.807, 2.05) is 48.5 Å². The van der Waals surface area contributed by atoms with Crippen LogP contribution in [0.5, 0.6) is 5.75 Å². The lowest BCUT2D eigenvalue weighted by atomic mass is 10.0. The molecular weight excluding hydrogens is 326 g/mol. The molecular formula is C18H16ClN3O2. The minimum absolute atomic E-state index is 0. The summed E-state index contributed by atoms with van der Waals surface area (Å²) in [5, 5.41) is 15.8. The highest BCUT2D eigenvalue weighted by Crippen LogP contribution is 2.25. The van der Waals surface area contributed by atoms with E-state index in [0.717, 1.165) is 10.8 Å². The number of hydrazone groups is 1. The lowest BCUT2D eigenvalue weighted by molar-refractivity contribution is -0.684. The standard InChI is InChI=1S/C18H15N3O2.ClH/c22-17-9-8-14-6-2-3-7-15(14)16(17)12-19-20-18(23)13-21-10-4-1-5-11-21;/h1-12H,13H2,(H-,19,20,22,23);1H. The van der Waals surface area contributed by atoms with Crippen LogP contribution in [0.1, 0.15) is 5.56 Å². The Morgan fingerprint density at radius 2 is 1.83 bits per heavy atom. The summed E-state index contributed by atoms with van der Waals surface area (Å²) in [6.07, 6.45) is 5.07. The number of phenols is 1. The molecule has 0 saturated carbocycles. The number of nitrogens with one attached hydrogen (secondary N) is 1. The van der Waals surface area contributed by atoms with E-state index in [1.54, 1.807) is 23.0 Å². The van der Waals surface area contributed by atoms with Crippen LogP contribution in [-0.4, -0.2) is 17.2 Å². The number of aromatic hydroxyl groups is 1. The molecule has 0 aliphatic heterocycles. The van der Waals surface area contributed by atoms with E-state index >= 15 is 0 Å². The van der Waals surface area contributed by atoms with Crippen molar-refractivity contribution < 1.29 is 26.9 Å². The molecule has 2 aromatic carbocycles. The summed E-state index contributed by atoms with van der Waals surface area (Å²) in [6.45, 7) is 0.180. The summed E-state index contributed by atoms with van der Waals surface area (Å²) in [5.41, 5.74) is 3.05. The Bertz CT molecular complexity index is 867. The van der Waals surface area contributed by atoms with Gasteiger partial charge in [0.2, 0.25) is 6.54 Å². The van der Waals surface area contributed by atoms with Crippen LogP contribution in [0.15, 0.2) is 72.1 Å². The normalized spacial score (nSPS) is 10.5. The number of hydrogen-bond acceptors (Lipinski definition) is 3. The van der Waals surface area contributed by atoms with Crippen LogP contribution in [0, 0.1) is 0 Å². The van der Waals surface area contributed by atoms with E-state index in [0.29, 0.717) is 5.56 Å². The first kappa shape index (κ1) is 17.4. The molecule has 24 heavy (non-hydrogen) atoms. The van der Waals surface area contributed by atoms with Gasteiger partial charge in [-0.3, -0.25) is 4.79 Å². The van der Waals surface area contributed by atoms with Gasteiger partial charge in [0.25, 0.3) is 0 Å². The van der Waals surface area contributed by atoms with E-state index in [9.17, 15) is 9.90 Å². The van der Waals surface area contributed by atoms with Crippen molar-refractivity contribution in [2.45, 2.75) is 6.54 Å². The largest absolute Gasteiger partial charge is 1.00 e. The number of amides is 1. The molecule has 0 bridgehead atoms. The first-order chi connectivity index (χ1) is 11.2. The van der Waals surface area contributed by atoms with Crippen LogP contribution in [0.2, 0.25) is 0 Å². The average molecular weight is 342 g/mol. The number of benzene rings is 2. The molecule has 0 fully saturated rings. The third kappa shape index (κ3) is 4.08. The highest BCUT2D eigenvalue weighted by molar-refractivity contribution is 6.02. The smallest absolute Gasteiger partial charge is 0.305 e. The zero-order chi connectivity index (χ0) is 16.1. The predicted octanol–water partition coefficient (Wildman–Crippen LogP) is -1.01. The molecule has 1 amide bonds. The van der Waals surface area contributed by atoms with Crippen LogP contribution >= 0.6 is 0 Å². The van der Waals surface area contributed by atoms with Gasteiger partial charge in [-0.2, -0.15) is 9.67 Å². The summed E-state index contributed by atoms with van der Waals surface area (Å²) in [5.74, 6) is -0.115. The van der Waals surface area contributed by atoms with Crippen LogP contribution in [0.4, 0.5) is 0 Å². The number of rotatable bonds is 4. The predicted molar refractivity (Wildman–Crippen MR) is 88.0 cm³/mol. The molecule has 6 heteroatoms.